The molecule has 0 saturated carbocycles. The Morgan fingerprint density at radius 3 is 2.83 bits per heavy atom. The lowest BCUT2D eigenvalue weighted by molar-refractivity contribution is 0.285. The van der Waals surface area contributed by atoms with Crippen LogP contribution in [-0.2, 0) is 4.74 Å². The number of rotatable bonds is 4. The lowest BCUT2D eigenvalue weighted by Crippen LogP contribution is -2.13. The Balaban J connectivity index is 2.32. The molecule has 0 unspecified atom stereocenters. The molecular weight excluding hydrogens is 150 g/mol. The molecule has 0 aromatic rings. The van der Waals surface area contributed by atoms with Crippen LogP contribution in [0.2, 0.25) is 0 Å². The molecular formula is C10H19NO. The van der Waals surface area contributed by atoms with Gasteiger partial charge in [-0.05, 0) is 12.3 Å². The van der Waals surface area contributed by atoms with Gasteiger partial charge in [-0.3, -0.25) is 0 Å². The van der Waals surface area contributed by atoms with Crippen molar-refractivity contribution < 1.29 is 4.74 Å². The van der Waals surface area contributed by atoms with Gasteiger partial charge in [0.05, 0.1) is 6.04 Å². The van der Waals surface area contributed by atoms with E-state index in [2.05, 4.69) is 25.8 Å². The second-order valence-corrected chi connectivity index (χ2v) is 3.75. The van der Waals surface area contributed by atoms with Crippen LogP contribution in [-0.4, -0.2) is 18.5 Å². The van der Waals surface area contributed by atoms with E-state index in [1.807, 2.05) is 0 Å². The zero-order valence-corrected chi connectivity index (χ0v) is 8.34. The van der Waals surface area contributed by atoms with Crippen molar-refractivity contribution in [2.75, 3.05) is 6.61 Å². The Hall–Kier alpha value is -0.530. The van der Waals surface area contributed by atoms with Crippen LogP contribution in [0.15, 0.2) is 4.99 Å². The molecule has 1 heterocycles. The Labute approximate surface area is 75.0 Å². The molecule has 0 saturated heterocycles. The molecule has 0 spiro atoms. The maximum absolute atomic E-state index is 5.48. The van der Waals surface area contributed by atoms with Gasteiger partial charge >= 0.3 is 0 Å². The van der Waals surface area contributed by atoms with E-state index in [-0.39, 0.29) is 0 Å². The number of ether oxygens (including phenoxy) is 1. The van der Waals surface area contributed by atoms with Gasteiger partial charge in [0.25, 0.3) is 0 Å². The fourth-order valence-corrected chi connectivity index (χ4v) is 1.25. The SMILES string of the molecule is CCCCC1=N[C@@H](C(C)C)CO1. The summed E-state index contributed by atoms with van der Waals surface area (Å²) in [4.78, 5) is 4.52. The molecule has 1 atom stereocenters. The summed E-state index contributed by atoms with van der Waals surface area (Å²) in [6.45, 7) is 7.38. The molecule has 0 aromatic heterocycles. The molecule has 1 rings (SSSR count). The van der Waals surface area contributed by atoms with E-state index in [1.165, 1.54) is 12.8 Å². The van der Waals surface area contributed by atoms with Crippen LogP contribution in [0, 0.1) is 5.92 Å². The van der Waals surface area contributed by atoms with Crippen molar-refractivity contribution in [2.24, 2.45) is 10.9 Å². The van der Waals surface area contributed by atoms with Crippen molar-refractivity contribution in [1.82, 2.24) is 0 Å². The zero-order chi connectivity index (χ0) is 8.97. The van der Waals surface area contributed by atoms with E-state index < -0.39 is 0 Å². The molecule has 0 aliphatic carbocycles. The molecule has 1 aliphatic rings. The van der Waals surface area contributed by atoms with Crippen LogP contribution < -0.4 is 0 Å². The van der Waals surface area contributed by atoms with Crippen molar-refractivity contribution in [2.45, 2.75) is 46.1 Å². The summed E-state index contributed by atoms with van der Waals surface area (Å²) < 4.78 is 5.48. The van der Waals surface area contributed by atoms with E-state index in [4.69, 9.17) is 4.74 Å². The first-order chi connectivity index (χ1) is 5.74. The first kappa shape index (κ1) is 9.56. The topological polar surface area (TPSA) is 21.6 Å². The average molecular weight is 169 g/mol. The van der Waals surface area contributed by atoms with Crippen molar-refractivity contribution in [3.05, 3.63) is 0 Å². The number of nitrogens with zero attached hydrogens (tertiary/aromatic N) is 1. The monoisotopic (exact) mass is 169 g/mol. The highest BCUT2D eigenvalue weighted by atomic mass is 16.5. The maximum Gasteiger partial charge on any atom is 0.183 e. The van der Waals surface area contributed by atoms with Gasteiger partial charge < -0.3 is 4.74 Å². The maximum atomic E-state index is 5.48. The molecule has 0 radical (unpaired) electrons. The summed E-state index contributed by atoms with van der Waals surface area (Å²) in [5.74, 6) is 1.60. The summed E-state index contributed by atoms with van der Waals surface area (Å²) in [6, 6.07) is 0.414. The van der Waals surface area contributed by atoms with Crippen LogP contribution in [0.5, 0.6) is 0 Å². The fourth-order valence-electron chi connectivity index (χ4n) is 1.25. The second kappa shape index (κ2) is 4.48. The highest BCUT2D eigenvalue weighted by Gasteiger charge is 2.20. The highest BCUT2D eigenvalue weighted by Crippen LogP contribution is 2.15. The van der Waals surface area contributed by atoms with Crippen LogP contribution in [0.1, 0.15) is 40.0 Å². The van der Waals surface area contributed by atoms with Gasteiger partial charge in [0.2, 0.25) is 0 Å². The van der Waals surface area contributed by atoms with Gasteiger partial charge in [-0.15, -0.1) is 0 Å². The third-order valence-electron chi connectivity index (χ3n) is 2.24. The van der Waals surface area contributed by atoms with Crippen LogP contribution in [0.25, 0.3) is 0 Å². The quantitative estimate of drug-likeness (QED) is 0.634. The number of hydrogen-bond donors (Lipinski definition) is 0. The van der Waals surface area contributed by atoms with E-state index >= 15 is 0 Å². The normalized spacial score (nSPS) is 22.7. The molecule has 0 amide bonds. The second-order valence-electron chi connectivity index (χ2n) is 3.75. The zero-order valence-electron chi connectivity index (χ0n) is 8.34. The van der Waals surface area contributed by atoms with E-state index in [1.54, 1.807) is 0 Å². The third kappa shape index (κ3) is 2.50. The number of aliphatic imine (C=N–C) groups is 1. The molecule has 0 N–H and O–H groups in total. The summed E-state index contributed by atoms with van der Waals surface area (Å²) in [6.07, 6.45) is 3.44. The van der Waals surface area contributed by atoms with Crippen LogP contribution in [0.3, 0.4) is 0 Å². The summed E-state index contributed by atoms with van der Waals surface area (Å²) in [5.41, 5.74) is 0. The third-order valence-corrected chi connectivity index (χ3v) is 2.24. The lowest BCUT2D eigenvalue weighted by atomic mass is 10.1. The summed E-state index contributed by atoms with van der Waals surface area (Å²) in [7, 11) is 0. The van der Waals surface area contributed by atoms with Gasteiger partial charge in [-0.2, -0.15) is 0 Å². The van der Waals surface area contributed by atoms with Crippen LogP contribution in [0.4, 0.5) is 0 Å². The number of unbranched alkanes of at least 4 members (excludes halogenated alkanes) is 1. The van der Waals surface area contributed by atoms with Gasteiger partial charge in [0.15, 0.2) is 5.90 Å². The predicted molar refractivity (Wildman–Crippen MR) is 51.5 cm³/mol. The van der Waals surface area contributed by atoms with Crippen molar-refractivity contribution in [1.29, 1.82) is 0 Å². The Bertz CT molecular complexity index is 163. The largest absolute Gasteiger partial charge is 0.479 e. The Kier molecular flexibility index (Phi) is 3.57. The summed E-state index contributed by atoms with van der Waals surface area (Å²) >= 11 is 0. The van der Waals surface area contributed by atoms with Crippen molar-refractivity contribution >= 4 is 5.90 Å². The molecule has 12 heavy (non-hydrogen) atoms. The molecule has 2 nitrogen and oxygen atoms in total. The highest BCUT2D eigenvalue weighted by molar-refractivity contribution is 5.77. The lowest BCUT2D eigenvalue weighted by Gasteiger charge is -2.06. The molecule has 70 valence electrons. The van der Waals surface area contributed by atoms with Gasteiger partial charge in [0, 0.05) is 6.42 Å². The van der Waals surface area contributed by atoms with Gasteiger partial charge in [-0.25, -0.2) is 4.99 Å². The number of hydrogen-bond acceptors (Lipinski definition) is 2. The minimum atomic E-state index is 0.414. The molecule has 0 aromatic carbocycles. The van der Waals surface area contributed by atoms with E-state index in [0.717, 1.165) is 18.9 Å². The fraction of sp³-hybridized carbons (Fsp3) is 0.900. The van der Waals surface area contributed by atoms with Crippen molar-refractivity contribution in [3.8, 4) is 0 Å². The predicted octanol–water partition coefficient (Wildman–Crippen LogP) is 2.63. The van der Waals surface area contributed by atoms with Gasteiger partial charge in [0.1, 0.15) is 6.61 Å². The van der Waals surface area contributed by atoms with E-state index in [9.17, 15) is 0 Å². The molecule has 1 aliphatic heterocycles. The van der Waals surface area contributed by atoms with Gasteiger partial charge in [-0.1, -0.05) is 27.2 Å². The standard InChI is InChI=1S/C10H19NO/c1-4-5-6-10-11-9(7-12-10)8(2)3/h8-9H,4-7H2,1-3H3/t9-/m1/s1. The summed E-state index contributed by atoms with van der Waals surface area (Å²) in [5, 5.41) is 0. The van der Waals surface area contributed by atoms with Crippen molar-refractivity contribution in [3.63, 3.8) is 0 Å². The minimum absolute atomic E-state index is 0.414. The van der Waals surface area contributed by atoms with E-state index in [0.29, 0.717) is 12.0 Å². The first-order valence-electron chi connectivity index (χ1n) is 4.93. The Morgan fingerprint density at radius 1 is 1.58 bits per heavy atom. The molecule has 0 fully saturated rings. The Morgan fingerprint density at radius 2 is 2.33 bits per heavy atom. The smallest absolute Gasteiger partial charge is 0.183 e. The minimum Gasteiger partial charge on any atom is -0.479 e. The average Bonchev–Trinajstić information content (AvgIpc) is 2.48. The molecule has 0 bridgehead atoms. The first-order valence-corrected chi connectivity index (χ1v) is 4.93. The molecule has 2 heteroatoms. The van der Waals surface area contributed by atoms with Crippen LogP contribution >= 0.6 is 0 Å².